The first-order valence-corrected chi connectivity index (χ1v) is 32.2. The van der Waals surface area contributed by atoms with Gasteiger partial charge in [-0.1, -0.05) is 112 Å². The van der Waals surface area contributed by atoms with Crippen LogP contribution in [0, 0.1) is 17.8 Å². The van der Waals surface area contributed by atoms with Crippen LogP contribution < -0.4 is 16.0 Å². The number of methoxy groups -OCH3 is 3. The fourth-order valence-electron chi connectivity index (χ4n) is 16.1. The number of carbonyl (C=O) groups excluding carboxylic acids is 3. The van der Waals surface area contributed by atoms with Gasteiger partial charge in [0.05, 0.1) is 16.6 Å². The van der Waals surface area contributed by atoms with Crippen molar-refractivity contribution in [3.05, 3.63) is 105 Å². The van der Waals surface area contributed by atoms with Crippen molar-refractivity contribution in [3.63, 3.8) is 0 Å². The van der Waals surface area contributed by atoms with E-state index >= 15 is 0 Å². The van der Waals surface area contributed by atoms with E-state index in [1.165, 1.54) is 152 Å². The van der Waals surface area contributed by atoms with E-state index in [1.54, 1.807) is 54.7 Å². The molecule has 3 amide bonds. The second kappa shape index (κ2) is 28.3. The number of fused-ring (bicyclic) bond motifs is 3. The van der Waals surface area contributed by atoms with Crippen LogP contribution in [0.5, 0.6) is 0 Å². The molecule has 12 heteroatoms. The Morgan fingerprint density at radius 3 is 0.988 bits per heavy atom. The molecule has 1 unspecified atom stereocenters. The summed E-state index contributed by atoms with van der Waals surface area (Å²) in [5.74, 6) is 4.21. The Bertz CT molecular complexity index is 2300. The minimum Gasteiger partial charge on any atom is -0.447 e. The topological polar surface area (TPSA) is 143 Å². The summed E-state index contributed by atoms with van der Waals surface area (Å²) in [7, 11) is 5.36. The first kappa shape index (κ1) is 59.5. The van der Waals surface area contributed by atoms with Gasteiger partial charge in [-0.2, -0.15) is 0 Å². The average molecular weight is 1110 g/mol. The van der Waals surface area contributed by atoms with Crippen LogP contribution in [0.15, 0.2) is 54.6 Å². The number of hydrogen-bond donors (Lipinski definition) is 3. The molecule has 9 aliphatic rings. The molecule has 3 saturated heterocycles. The number of aryl methyl sites for hydroxylation is 3. The quantitative estimate of drug-likeness (QED) is 0.0702. The molecular formula is C69H99N3O9. The van der Waals surface area contributed by atoms with Crippen molar-refractivity contribution in [2.75, 3.05) is 61.0 Å². The Morgan fingerprint density at radius 2 is 0.716 bits per heavy atom. The normalized spacial score (nSPS) is 29.6. The summed E-state index contributed by atoms with van der Waals surface area (Å²) in [5, 5.41) is 9.18. The number of nitrogens with one attached hydrogen (secondary N) is 3. The standard InChI is InChI=1S/3C23H33NO3/c3*1-26-12-4-2-3-5-17-6-7-19-14-20(9-8-18(19)13-17)21-10-11-23(15-21)16-27-22(25)24-23/h3*8-9,14,17,21H,2-7,10-13,15-16H2,1H3,(H,24,25)/t17?,21-,23+;2*17-,21-,23+/m000/s1. The van der Waals surface area contributed by atoms with E-state index in [9.17, 15) is 14.4 Å². The van der Waals surface area contributed by atoms with Crippen molar-refractivity contribution in [3.8, 4) is 0 Å². The molecule has 0 radical (unpaired) electrons. The van der Waals surface area contributed by atoms with Gasteiger partial charge < -0.3 is 44.4 Å². The summed E-state index contributed by atoms with van der Waals surface area (Å²) in [6, 6.07) is 21.6. The van der Waals surface area contributed by atoms with Gasteiger partial charge in [0.25, 0.3) is 0 Å². The molecule has 444 valence electrons. The second-order valence-electron chi connectivity index (χ2n) is 26.7. The van der Waals surface area contributed by atoms with Crippen molar-refractivity contribution < 1.29 is 42.8 Å². The van der Waals surface area contributed by atoms with E-state index in [1.807, 2.05) is 0 Å². The number of alkyl carbamates (subject to hydrolysis) is 3. The van der Waals surface area contributed by atoms with Gasteiger partial charge in [-0.15, -0.1) is 0 Å². The van der Waals surface area contributed by atoms with Crippen LogP contribution in [0.2, 0.25) is 0 Å². The van der Waals surface area contributed by atoms with Crippen LogP contribution in [-0.4, -0.2) is 95.9 Å². The molecule has 3 aromatic carbocycles. The average Bonchev–Trinajstić information content (AvgIpc) is 4.59. The number of ether oxygens (including phenoxy) is 6. The third kappa shape index (κ3) is 15.8. The smallest absolute Gasteiger partial charge is 0.407 e. The van der Waals surface area contributed by atoms with Gasteiger partial charge in [-0.25, -0.2) is 14.4 Å². The van der Waals surface area contributed by atoms with E-state index in [0.717, 1.165) is 95.4 Å². The maximum Gasteiger partial charge on any atom is 0.407 e. The largest absolute Gasteiger partial charge is 0.447 e. The number of rotatable bonds is 21. The fraction of sp³-hybridized carbons (Fsp3) is 0.696. The van der Waals surface area contributed by atoms with Gasteiger partial charge in [0.2, 0.25) is 0 Å². The number of amides is 3. The van der Waals surface area contributed by atoms with Gasteiger partial charge in [0.15, 0.2) is 0 Å². The zero-order valence-corrected chi connectivity index (χ0v) is 49.8. The van der Waals surface area contributed by atoms with E-state index in [4.69, 9.17) is 28.4 Å². The molecule has 3 aliphatic heterocycles. The molecule has 9 atom stereocenters. The van der Waals surface area contributed by atoms with Crippen LogP contribution >= 0.6 is 0 Å². The summed E-state index contributed by atoms with van der Waals surface area (Å²) in [4.78, 5) is 34.4. The summed E-state index contributed by atoms with van der Waals surface area (Å²) >= 11 is 0. The van der Waals surface area contributed by atoms with Crippen LogP contribution in [0.4, 0.5) is 14.4 Å². The van der Waals surface area contributed by atoms with Crippen LogP contribution in [0.1, 0.15) is 222 Å². The molecule has 3 heterocycles. The fourth-order valence-corrected chi connectivity index (χ4v) is 16.1. The minimum atomic E-state index is -0.241. The SMILES string of the molecule is COCCCCCC1CCc2cc([C@H]3CC[C@]4(COC(=O)N4)C3)ccc2C1.COCCCCC[C@H]1CCc2cc([C@H]3CC[C@]4(COC(=O)N4)C3)ccc2C1.COCCCCC[C@H]1CCc2cc([C@H]3CC[C@]4(COC(=O)N4)C3)ccc2C1. The highest BCUT2D eigenvalue weighted by atomic mass is 16.6. The third-order valence-electron chi connectivity index (χ3n) is 20.8. The maximum atomic E-state index is 11.5. The highest BCUT2D eigenvalue weighted by Crippen LogP contribution is 2.47. The third-order valence-corrected chi connectivity index (χ3v) is 20.8. The number of carbonyl (C=O) groups is 3. The Kier molecular flexibility index (Phi) is 20.8. The van der Waals surface area contributed by atoms with E-state index < -0.39 is 0 Å². The molecule has 6 fully saturated rings. The first-order valence-electron chi connectivity index (χ1n) is 32.2. The van der Waals surface area contributed by atoms with Gasteiger partial charge >= 0.3 is 18.3 Å². The summed E-state index contributed by atoms with van der Waals surface area (Å²) in [6.07, 6.45) is 35.8. The lowest BCUT2D eigenvalue weighted by Crippen LogP contribution is -2.40. The second-order valence-corrected chi connectivity index (χ2v) is 26.7. The van der Waals surface area contributed by atoms with Crippen LogP contribution in [0.25, 0.3) is 0 Å². The highest BCUT2D eigenvalue weighted by molar-refractivity contribution is 5.72. The Balaban J connectivity index is 0.000000136. The maximum absolute atomic E-state index is 11.5. The van der Waals surface area contributed by atoms with Crippen molar-refractivity contribution in [2.24, 2.45) is 17.8 Å². The molecule has 3 aromatic rings. The molecule has 12 rings (SSSR count). The zero-order valence-electron chi connectivity index (χ0n) is 49.8. The number of hydrogen-bond acceptors (Lipinski definition) is 9. The van der Waals surface area contributed by atoms with Crippen molar-refractivity contribution in [2.45, 2.75) is 227 Å². The first-order chi connectivity index (χ1) is 39.5. The number of unbranched alkanes of at least 4 members (excludes halogenated alkanes) is 6. The van der Waals surface area contributed by atoms with Gasteiger partial charge in [0, 0.05) is 41.2 Å². The molecule has 3 spiro atoms. The van der Waals surface area contributed by atoms with Gasteiger partial charge in [0.1, 0.15) is 19.8 Å². The van der Waals surface area contributed by atoms with E-state index in [0.29, 0.717) is 37.6 Å². The molecule has 81 heavy (non-hydrogen) atoms. The molecular weight excluding hydrogens is 1010 g/mol. The van der Waals surface area contributed by atoms with Crippen LogP contribution in [0.3, 0.4) is 0 Å². The highest BCUT2D eigenvalue weighted by Gasteiger charge is 2.48. The molecule has 12 nitrogen and oxygen atoms in total. The summed E-state index contributed by atoms with van der Waals surface area (Å²) in [6.45, 7) is 4.32. The Labute approximate surface area is 485 Å². The molecule has 6 aliphatic carbocycles. The summed E-state index contributed by atoms with van der Waals surface area (Å²) in [5.41, 5.74) is 13.5. The lowest BCUT2D eigenvalue weighted by molar-refractivity contribution is 0.171. The van der Waals surface area contributed by atoms with Crippen molar-refractivity contribution in [1.29, 1.82) is 0 Å². The zero-order chi connectivity index (χ0) is 56.1. The van der Waals surface area contributed by atoms with Crippen molar-refractivity contribution in [1.82, 2.24) is 16.0 Å². The predicted octanol–water partition coefficient (Wildman–Crippen LogP) is 14.2. The molecule has 0 bridgehead atoms. The number of cyclic esters (lactones) is 3. The van der Waals surface area contributed by atoms with E-state index in [-0.39, 0.29) is 34.9 Å². The Morgan fingerprint density at radius 1 is 0.407 bits per heavy atom. The number of benzene rings is 3. The van der Waals surface area contributed by atoms with Gasteiger partial charge in [-0.05, 0) is 220 Å². The minimum absolute atomic E-state index is 0.106. The monoisotopic (exact) mass is 1110 g/mol. The molecule has 0 aromatic heterocycles. The molecule has 3 saturated carbocycles. The van der Waals surface area contributed by atoms with Gasteiger partial charge in [-0.3, -0.25) is 0 Å². The summed E-state index contributed by atoms with van der Waals surface area (Å²) < 4.78 is 30.9. The van der Waals surface area contributed by atoms with Crippen molar-refractivity contribution >= 4 is 18.3 Å². The van der Waals surface area contributed by atoms with Crippen LogP contribution in [-0.2, 0) is 66.9 Å². The lowest BCUT2D eigenvalue weighted by atomic mass is 9.79. The van der Waals surface area contributed by atoms with E-state index in [2.05, 4.69) is 70.5 Å². The lowest BCUT2D eigenvalue weighted by Gasteiger charge is -2.26. The molecule has 3 N–H and O–H groups in total. The Hall–Kier alpha value is -4.65. The predicted molar refractivity (Wildman–Crippen MR) is 318 cm³/mol.